The highest BCUT2D eigenvalue weighted by Crippen LogP contribution is 2.37. The number of methoxy groups -OCH3 is 1. The van der Waals surface area contributed by atoms with E-state index in [4.69, 9.17) is 18.9 Å². The summed E-state index contributed by atoms with van der Waals surface area (Å²) in [4.78, 5) is 42.0. The summed E-state index contributed by atoms with van der Waals surface area (Å²) in [6.45, 7) is 3.93. The molecule has 0 spiro atoms. The Morgan fingerprint density at radius 3 is 2.32 bits per heavy atom. The maximum atomic E-state index is 14.5. The van der Waals surface area contributed by atoms with Crippen molar-refractivity contribution in [3.63, 3.8) is 0 Å². The molecule has 0 saturated heterocycles. The zero-order valence-electron chi connectivity index (χ0n) is 27.7. The van der Waals surface area contributed by atoms with E-state index >= 15 is 0 Å². The molecule has 1 unspecified atom stereocenters. The summed E-state index contributed by atoms with van der Waals surface area (Å²) in [5, 5.41) is 2.96. The molecule has 0 fully saturated rings. The van der Waals surface area contributed by atoms with E-state index in [9.17, 15) is 31.9 Å². The number of nitrogens with one attached hydrogen (secondary N) is 1. The lowest BCUT2D eigenvalue weighted by atomic mass is 10.1. The smallest absolute Gasteiger partial charge is 0.415 e. The largest absolute Gasteiger partial charge is 0.489 e. The van der Waals surface area contributed by atoms with Crippen LogP contribution in [0.15, 0.2) is 71.7 Å². The van der Waals surface area contributed by atoms with Crippen molar-refractivity contribution >= 4 is 17.7 Å². The molecule has 0 saturated carbocycles. The molecule has 2 heterocycles. The van der Waals surface area contributed by atoms with Crippen molar-refractivity contribution in [2.45, 2.75) is 52.1 Å². The molecule has 4 aromatic rings. The van der Waals surface area contributed by atoms with E-state index in [1.165, 1.54) is 16.8 Å². The Morgan fingerprint density at radius 1 is 0.940 bits per heavy atom. The van der Waals surface area contributed by atoms with Crippen molar-refractivity contribution in [2.24, 2.45) is 0 Å². The molecule has 0 aliphatic carbocycles. The quantitative estimate of drug-likeness (QED) is 0.158. The lowest BCUT2D eigenvalue weighted by Crippen LogP contribution is -2.41. The molecule has 264 valence electrons. The van der Waals surface area contributed by atoms with Crippen molar-refractivity contribution < 1.29 is 46.1 Å². The third-order valence-electron chi connectivity index (χ3n) is 7.64. The minimum absolute atomic E-state index is 0.0610. The number of anilines is 1. The van der Waals surface area contributed by atoms with Crippen LogP contribution in [0.5, 0.6) is 11.5 Å². The van der Waals surface area contributed by atoms with Gasteiger partial charge in [0.25, 0.3) is 0 Å². The van der Waals surface area contributed by atoms with Crippen LogP contribution in [0.2, 0.25) is 0 Å². The average Bonchev–Trinajstić information content (AvgIpc) is 3.24. The SMILES string of the molecule is COC(=O)c1c(OCc2ccccc2)c(=O)c(CNCc2ccc(F)cc2F)cn1C1COc2cc(F)c(F)cc2N(C(=O)OC(C)(C)C)C1. The van der Waals surface area contributed by atoms with Gasteiger partial charge in [-0.1, -0.05) is 36.4 Å². The van der Waals surface area contributed by atoms with Gasteiger partial charge in [0.2, 0.25) is 5.43 Å². The van der Waals surface area contributed by atoms with Gasteiger partial charge in [-0.25, -0.2) is 27.2 Å². The molecule has 1 aromatic heterocycles. The lowest BCUT2D eigenvalue weighted by Gasteiger charge is -2.30. The van der Waals surface area contributed by atoms with Crippen LogP contribution in [0.25, 0.3) is 0 Å². The number of ether oxygens (including phenoxy) is 4. The summed E-state index contributed by atoms with van der Waals surface area (Å²) in [5.41, 5.74) is -1.22. The van der Waals surface area contributed by atoms with E-state index in [-0.39, 0.29) is 66.9 Å². The predicted molar refractivity (Wildman–Crippen MR) is 174 cm³/mol. The molecule has 1 atom stereocenters. The monoisotopic (exact) mass is 697 g/mol. The number of fused-ring (bicyclic) bond motifs is 1. The summed E-state index contributed by atoms with van der Waals surface area (Å²) in [7, 11) is 1.11. The number of carbonyl (C=O) groups excluding carboxylic acids is 2. The standard InChI is InChI=1S/C36H35F4N3O7/c1-36(2,3)50-35(46)43-18-25(20-48-30-14-28(40)27(39)13-29(30)43)42-17-23(16-41-15-22-10-11-24(37)12-26(22)38)32(44)33(31(42)34(45)47-4)49-19-21-8-6-5-7-9-21/h5-14,17,25,41H,15-16,18-20H2,1-4H3. The second-order valence-electron chi connectivity index (χ2n) is 12.5. The van der Waals surface area contributed by atoms with Crippen molar-refractivity contribution in [3.05, 3.63) is 123 Å². The first-order valence-corrected chi connectivity index (χ1v) is 15.6. The number of benzene rings is 3. The number of hydrogen-bond donors (Lipinski definition) is 1. The fourth-order valence-corrected chi connectivity index (χ4v) is 5.28. The summed E-state index contributed by atoms with van der Waals surface area (Å²) >= 11 is 0. The van der Waals surface area contributed by atoms with Gasteiger partial charge < -0.3 is 28.8 Å². The number of amides is 1. The van der Waals surface area contributed by atoms with E-state index in [1.54, 1.807) is 51.1 Å². The number of aromatic nitrogens is 1. The molecule has 1 aliphatic rings. The van der Waals surface area contributed by atoms with Gasteiger partial charge in [0, 0.05) is 48.6 Å². The summed E-state index contributed by atoms with van der Waals surface area (Å²) in [5.74, 6) is -5.48. The van der Waals surface area contributed by atoms with E-state index in [0.717, 1.165) is 36.3 Å². The average molecular weight is 698 g/mol. The van der Waals surface area contributed by atoms with E-state index < -0.39 is 52.4 Å². The van der Waals surface area contributed by atoms with Crippen LogP contribution in [-0.2, 0) is 29.2 Å². The van der Waals surface area contributed by atoms with Gasteiger partial charge in [-0.3, -0.25) is 9.69 Å². The Kier molecular flexibility index (Phi) is 10.8. The van der Waals surface area contributed by atoms with E-state index in [1.807, 2.05) is 0 Å². The highest BCUT2D eigenvalue weighted by atomic mass is 19.2. The Labute approximate surface area is 285 Å². The number of nitrogens with zero attached hydrogens (tertiary/aromatic N) is 2. The molecule has 0 bridgehead atoms. The minimum Gasteiger partial charge on any atom is -0.489 e. The molecule has 50 heavy (non-hydrogen) atoms. The fraction of sp³-hybridized carbons (Fsp3) is 0.306. The van der Waals surface area contributed by atoms with Crippen LogP contribution >= 0.6 is 0 Å². The highest BCUT2D eigenvalue weighted by Gasteiger charge is 2.35. The normalized spacial score (nSPS) is 14.3. The van der Waals surface area contributed by atoms with Crippen LogP contribution < -0.4 is 25.1 Å². The number of halogens is 4. The molecule has 1 aliphatic heterocycles. The van der Waals surface area contributed by atoms with Crippen LogP contribution in [0.1, 0.15) is 54.0 Å². The zero-order chi connectivity index (χ0) is 36.2. The van der Waals surface area contributed by atoms with Crippen LogP contribution in [-0.4, -0.2) is 42.5 Å². The molecule has 14 heteroatoms. The maximum absolute atomic E-state index is 14.5. The first kappa shape index (κ1) is 35.9. The molecule has 1 N–H and O–H groups in total. The number of carbonyl (C=O) groups is 2. The summed E-state index contributed by atoms with van der Waals surface area (Å²) in [6.07, 6.45) is 0.431. The van der Waals surface area contributed by atoms with Gasteiger partial charge in [0.05, 0.1) is 25.4 Å². The minimum atomic E-state index is -1.24. The maximum Gasteiger partial charge on any atom is 0.415 e. The fourth-order valence-electron chi connectivity index (χ4n) is 5.28. The van der Waals surface area contributed by atoms with E-state index in [0.29, 0.717) is 5.56 Å². The molecular formula is C36H35F4N3O7. The second-order valence-corrected chi connectivity index (χ2v) is 12.5. The first-order chi connectivity index (χ1) is 23.8. The lowest BCUT2D eigenvalue weighted by molar-refractivity contribution is 0.0573. The predicted octanol–water partition coefficient (Wildman–Crippen LogP) is 6.44. The Balaban J connectivity index is 1.61. The number of rotatable bonds is 9. The molecule has 5 rings (SSSR count). The Bertz CT molecular complexity index is 1950. The van der Waals surface area contributed by atoms with Gasteiger partial charge >= 0.3 is 12.1 Å². The van der Waals surface area contributed by atoms with Crippen LogP contribution in [0.4, 0.5) is 28.0 Å². The molecule has 3 aromatic carbocycles. The molecule has 0 radical (unpaired) electrons. The van der Waals surface area contributed by atoms with Crippen LogP contribution in [0.3, 0.4) is 0 Å². The Hall–Kier alpha value is -5.37. The number of pyridine rings is 1. The summed E-state index contributed by atoms with van der Waals surface area (Å²) < 4.78 is 80.6. The zero-order valence-corrected chi connectivity index (χ0v) is 27.7. The molecular weight excluding hydrogens is 662 g/mol. The third kappa shape index (κ3) is 8.25. The molecule has 1 amide bonds. The van der Waals surface area contributed by atoms with Crippen molar-refractivity contribution in [1.29, 1.82) is 0 Å². The number of esters is 1. The summed E-state index contributed by atoms with van der Waals surface area (Å²) in [6, 6.07) is 12.6. The Morgan fingerprint density at radius 2 is 1.64 bits per heavy atom. The van der Waals surface area contributed by atoms with Crippen molar-refractivity contribution in [3.8, 4) is 11.5 Å². The second kappa shape index (κ2) is 15.0. The first-order valence-electron chi connectivity index (χ1n) is 15.6. The van der Waals surface area contributed by atoms with Crippen molar-refractivity contribution in [2.75, 3.05) is 25.2 Å². The molecule has 10 nitrogen and oxygen atoms in total. The van der Waals surface area contributed by atoms with Crippen molar-refractivity contribution in [1.82, 2.24) is 9.88 Å². The van der Waals surface area contributed by atoms with Gasteiger partial charge in [-0.2, -0.15) is 0 Å². The van der Waals surface area contributed by atoms with Gasteiger partial charge in [0.1, 0.15) is 36.2 Å². The highest BCUT2D eigenvalue weighted by molar-refractivity contribution is 5.92. The van der Waals surface area contributed by atoms with Crippen LogP contribution in [0, 0.1) is 23.3 Å². The number of hydrogen-bond acceptors (Lipinski definition) is 8. The van der Waals surface area contributed by atoms with Gasteiger partial charge in [0.15, 0.2) is 23.1 Å². The third-order valence-corrected chi connectivity index (χ3v) is 7.64. The topological polar surface area (TPSA) is 108 Å². The van der Waals surface area contributed by atoms with E-state index in [2.05, 4.69) is 5.32 Å². The van der Waals surface area contributed by atoms with Gasteiger partial charge in [-0.15, -0.1) is 0 Å². The van der Waals surface area contributed by atoms with Gasteiger partial charge in [-0.05, 0) is 32.4 Å².